The van der Waals surface area contributed by atoms with Crippen LogP contribution in [0.2, 0.25) is 0 Å². The van der Waals surface area contributed by atoms with Gasteiger partial charge in [-0.2, -0.15) is 5.10 Å². The second-order valence-corrected chi connectivity index (χ2v) is 9.11. The maximum Gasteiger partial charge on any atom is 0.257 e. The number of anilines is 1. The highest BCUT2D eigenvalue weighted by Crippen LogP contribution is 2.34. The SMILES string of the molecule is COc1ccc(C2CC(c3ccccc3)=NN2C(=O)CN2CCN(c3ccc(OC)cc3)CC2)cc1. The Labute approximate surface area is 212 Å². The predicted octanol–water partition coefficient (Wildman–Crippen LogP) is 4.20. The van der Waals surface area contributed by atoms with E-state index >= 15 is 0 Å². The molecule has 0 N–H and O–H groups in total. The standard InChI is InChI=1S/C29H32N4O3/c1-35-25-12-8-23(9-13-25)28-20-27(22-6-4-3-5-7-22)30-33(28)29(34)21-31-16-18-32(19-17-31)24-10-14-26(36-2)15-11-24/h3-15,28H,16-21H2,1-2H3. The van der Waals surface area contributed by atoms with Gasteiger partial charge in [-0.3, -0.25) is 9.69 Å². The maximum atomic E-state index is 13.5. The molecule has 1 saturated heterocycles. The predicted molar refractivity (Wildman–Crippen MR) is 142 cm³/mol. The average molecular weight is 485 g/mol. The normalized spacial score (nSPS) is 18.2. The fourth-order valence-corrected chi connectivity index (χ4v) is 4.85. The summed E-state index contributed by atoms with van der Waals surface area (Å²) in [6, 6.07) is 26.1. The molecule has 7 nitrogen and oxygen atoms in total. The minimum absolute atomic E-state index is 0.0275. The Hall–Kier alpha value is -3.84. The van der Waals surface area contributed by atoms with Crippen LogP contribution in [0.25, 0.3) is 0 Å². The summed E-state index contributed by atoms with van der Waals surface area (Å²) in [5.41, 5.74) is 4.23. The van der Waals surface area contributed by atoms with Crippen molar-refractivity contribution < 1.29 is 14.3 Å². The van der Waals surface area contributed by atoms with E-state index in [1.165, 1.54) is 5.69 Å². The maximum absolute atomic E-state index is 13.5. The van der Waals surface area contributed by atoms with Crippen molar-refractivity contribution in [3.05, 3.63) is 90.0 Å². The number of hydrazone groups is 1. The highest BCUT2D eigenvalue weighted by Gasteiger charge is 2.34. The van der Waals surface area contributed by atoms with Crippen LogP contribution in [0.1, 0.15) is 23.6 Å². The van der Waals surface area contributed by atoms with Gasteiger partial charge >= 0.3 is 0 Å². The fraction of sp³-hybridized carbons (Fsp3) is 0.310. The first-order valence-corrected chi connectivity index (χ1v) is 12.3. The molecule has 0 aliphatic carbocycles. The summed E-state index contributed by atoms with van der Waals surface area (Å²) in [4.78, 5) is 18.1. The molecule has 3 aromatic carbocycles. The third kappa shape index (κ3) is 5.21. The summed E-state index contributed by atoms with van der Waals surface area (Å²) in [5, 5.41) is 6.52. The molecule has 1 amide bonds. The van der Waals surface area contributed by atoms with Crippen LogP contribution in [-0.2, 0) is 4.79 Å². The Morgan fingerprint density at radius 1 is 0.833 bits per heavy atom. The second-order valence-electron chi connectivity index (χ2n) is 9.11. The van der Waals surface area contributed by atoms with E-state index in [2.05, 4.69) is 34.1 Å². The summed E-state index contributed by atoms with van der Waals surface area (Å²) >= 11 is 0. The minimum Gasteiger partial charge on any atom is -0.497 e. The molecule has 0 spiro atoms. The van der Waals surface area contributed by atoms with Crippen molar-refractivity contribution in [1.29, 1.82) is 0 Å². The van der Waals surface area contributed by atoms with Crippen molar-refractivity contribution in [3.63, 3.8) is 0 Å². The van der Waals surface area contributed by atoms with Gasteiger partial charge in [-0.05, 0) is 47.5 Å². The molecule has 3 aromatic rings. The molecule has 1 fully saturated rings. The first-order valence-electron chi connectivity index (χ1n) is 12.3. The number of nitrogens with zero attached hydrogens (tertiary/aromatic N) is 4. The molecule has 0 radical (unpaired) electrons. The van der Waals surface area contributed by atoms with Crippen LogP contribution in [0.15, 0.2) is 84.0 Å². The van der Waals surface area contributed by atoms with Gasteiger partial charge in [0.1, 0.15) is 11.5 Å². The van der Waals surface area contributed by atoms with E-state index in [1.54, 1.807) is 19.2 Å². The van der Waals surface area contributed by atoms with Gasteiger partial charge in [0, 0.05) is 38.3 Å². The van der Waals surface area contributed by atoms with Crippen molar-refractivity contribution in [2.24, 2.45) is 5.10 Å². The van der Waals surface area contributed by atoms with Gasteiger partial charge in [0.25, 0.3) is 5.91 Å². The van der Waals surface area contributed by atoms with Crippen molar-refractivity contribution in [3.8, 4) is 11.5 Å². The molecule has 7 heteroatoms. The molecule has 5 rings (SSSR count). The fourth-order valence-electron chi connectivity index (χ4n) is 4.85. The monoisotopic (exact) mass is 484 g/mol. The van der Waals surface area contributed by atoms with Crippen LogP contribution >= 0.6 is 0 Å². The lowest BCUT2D eigenvalue weighted by Crippen LogP contribution is -2.49. The second kappa shape index (κ2) is 10.8. The van der Waals surface area contributed by atoms with Gasteiger partial charge in [0.15, 0.2) is 0 Å². The molecular formula is C29H32N4O3. The molecule has 0 bridgehead atoms. The number of hydrogen-bond donors (Lipinski definition) is 0. The number of hydrogen-bond acceptors (Lipinski definition) is 6. The average Bonchev–Trinajstić information content (AvgIpc) is 3.40. The van der Waals surface area contributed by atoms with E-state index in [1.807, 2.05) is 54.6 Å². The van der Waals surface area contributed by atoms with E-state index in [0.717, 1.165) is 54.5 Å². The van der Waals surface area contributed by atoms with Crippen molar-refractivity contribution in [2.45, 2.75) is 12.5 Å². The van der Waals surface area contributed by atoms with Crippen LogP contribution < -0.4 is 14.4 Å². The van der Waals surface area contributed by atoms with Crippen molar-refractivity contribution in [1.82, 2.24) is 9.91 Å². The first-order chi connectivity index (χ1) is 17.6. The summed E-state index contributed by atoms with van der Waals surface area (Å²) < 4.78 is 10.6. The Bertz CT molecular complexity index is 1190. The van der Waals surface area contributed by atoms with Gasteiger partial charge in [0.05, 0.1) is 32.5 Å². The molecular weight excluding hydrogens is 452 g/mol. The molecule has 0 aromatic heterocycles. The van der Waals surface area contributed by atoms with E-state index in [0.29, 0.717) is 13.0 Å². The Morgan fingerprint density at radius 2 is 1.44 bits per heavy atom. The molecule has 2 aliphatic rings. The molecule has 2 heterocycles. The summed E-state index contributed by atoms with van der Waals surface area (Å²) in [6.45, 7) is 3.76. The van der Waals surface area contributed by atoms with E-state index in [9.17, 15) is 4.79 Å². The van der Waals surface area contributed by atoms with Gasteiger partial charge in [0.2, 0.25) is 0 Å². The first kappa shape index (κ1) is 23.9. The molecule has 0 saturated carbocycles. The Morgan fingerprint density at radius 3 is 2.06 bits per heavy atom. The van der Waals surface area contributed by atoms with Crippen LogP contribution in [0.5, 0.6) is 11.5 Å². The van der Waals surface area contributed by atoms with Crippen LogP contribution in [0.3, 0.4) is 0 Å². The summed E-state index contributed by atoms with van der Waals surface area (Å²) in [7, 11) is 3.34. The zero-order valence-electron chi connectivity index (χ0n) is 20.8. The number of ether oxygens (including phenoxy) is 2. The van der Waals surface area contributed by atoms with E-state index in [4.69, 9.17) is 14.6 Å². The van der Waals surface area contributed by atoms with Gasteiger partial charge in [-0.15, -0.1) is 0 Å². The number of amides is 1. The van der Waals surface area contributed by atoms with Gasteiger partial charge in [-0.1, -0.05) is 42.5 Å². The minimum atomic E-state index is -0.126. The number of carbonyl (C=O) groups excluding carboxylic acids is 1. The van der Waals surface area contributed by atoms with E-state index in [-0.39, 0.29) is 11.9 Å². The zero-order chi connectivity index (χ0) is 24.9. The number of carbonyl (C=O) groups is 1. The summed E-state index contributed by atoms with van der Waals surface area (Å²) in [6.07, 6.45) is 0.688. The Balaban J connectivity index is 1.27. The Kier molecular flexibility index (Phi) is 7.18. The molecule has 36 heavy (non-hydrogen) atoms. The lowest BCUT2D eigenvalue weighted by molar-refractivity contribution is -0.134. The van der Waals surface area contributed by atoms with Crippen molar-refractivity contribution in [2.75, 3.05) is 51.8 Å². The lowest BCUT2D eigenvalue weighted by Gasteiger charge is -2.36. The molecule has 186 valence electrons. The van der Waals surface area contributed by atoms with Crippen LogP contribution in [-0.4, -0.2) is 68.5 Å². The number of piperazine rings is 1. The largest absolute Gasteiger partial charge is 0.497 e. The number of rotatable bonds is 7. The third-order valence-corrected chi connectivity index (χ3v) is 6.94. The topological polar surface area (TPSA) is 57.6 Å². The van der Waals surface area contributed by atoms with Gasteiger partial charge in [-0.25, -0.2) is 5.01 Å². The molecule has 1 atom stereocenters. The number of methoxy groups -OCH3 is 2. The van der Waals surface area contributed by atoms with Crippen molar-refractivity contribution >= 4 is 17.3 Å². The van der Waals surface area contributed by atoms with Gasteiger partial charge < -0.3 is 14.4 Å². The number of benzene rings is 3. The highest BCUT2D eigenvalue weighted by atomic mass is 16.5. The molecule has 2 aliphatic heterocycles. The smallest absolute Gasteiger partial charge is 0.257 e. The third-order valence-electron chi connectivity index (χ3n) is 6.94. The quantitative estimate of drug-likeness (QED) is 0.503. The lowest BCUT2D eigenvalue weighted by atomic mass is 9.98. The summed E-state index contributed by atoms with van der Waals surface area (Å²) in [5.74, 6) is 1.68. The van der Waals surface area contributed by atoms with Crippen LogP contribution in [0.4, 0.5) is 5.69 Å². The zero-order valence-corrected chi connectivity index (χ0v) is 20.8. The molecule has 1 unspecified atom stereocenters. The highest BCUT2D eigenvalue weighted by molar-refractivity contribution is 6.03. The van der Waals surface area contributed by atoms with E-state index < -0.39 is 0 Å². The van der Waals surface area contributed by atoms with Crippen LogP contribution in [0, 0.1) is 0 Å².